The summed E-state index contributed by atoms with van der Waals surface area (Å²) in [4.78, 5) is 22.3. The Balaban J connectivity index is 2.30. The molecule has 0 N–H and O–H groups in total. The number of benzene rings is 2. The highest BCUT2D eigenvalue weighted by Gasteiger charge is 2.23. The molecule has 0 amide bonds. The summed E-state index contributed by atoms with van der Waals surface area (Å²) in [7, 11) is -1.25. The number of sulfonamides is 1. The molecule has 0 aliphatic heterocycles. The Labute approximate surface area is 155 Å². The van der Waals surface area contributed by atoms with E-state index in [9.17, 15) is 27.7 Å². The van der Waals surface area contributed by atoms with E-state index >= 15 is 0 Å². The second-order valence-corrected chi connectivity index (χ2v) is 7.98. The lowest BCUT2D eigenvalue weighted by Crippen LogP contribution is -2.23. The van der Waals surface area contributed by atoms with Gasteiger partial charge in [-0.05, 0) is 30.7 Å². The van der Waals surface area contributed by atoms with E-state index in [0.29, 0.717) is 5.56 Å². The number of carbonyl (C=O) groups excluding carboxylic acids is 1. The third-order valence-electron chi connectivity index (χ3n) is 3.77. The van der Waals surface area contributed by atoms with Gasteiger partial charge in [-0.1, -0.05) is 12.1 Å². The molecule has 10 heteroatoms. The summed E-state index contributed by atoms with van der Waals surface area (Å²) in [5.74, 6) is -2.02. The molecule has 0 unspecified atom stereocenters. The van der Waals surface area contributed by atoms with Crippen molar-refractivity contribution in [2.24, 2.45) is 0 Å². The average molecular weight is 396 g/mol. The van der Waals surface area contributed by atoms with Crippen molar-refractivity contribution in [3.63, 3.8) is 0 Å². The molecule has 2 rings (SSSR count). The maximum Gasteiger partial charge on any atom is 0.341 e. The monoisotopic (exact) mass is 396 g/mol. The van der Waals surface area contributed by atoms with Crippen LogP contribution in [0.15, 0.2) is 47.4 Å². The lowest BCUT2D eigenvalue weighted by atomic mass is 10.1. The van der Waals surface area contributed by atoms with E-state index in [-0.39, 0.29) is 10.6 Å². The Morgan fingerprint density at radius 2 is 1.89 bits per heavy atom. The molecule has 8 nitrogen and oxygen atoms in total. The maximum absolute atomic E-state index is 14.0. The zero-order chi connectivity index (χ0) is 20.4. The molecule has 0 saturated heterocycles. The van der Waals surface area contributed by atoms with Gasteiger partial charge in [-0.2, -0.15) is 0 Å². The van der Waals surface area contributed by atoms with Gasteiger partial charge in [0.15, 0.2) is 0 Å². The summed E-state index contributed by atoms with van der Waals surface area (Å²) in [5.41, 5.74) is -0.383. The van der Waals surface area contributed by atoms with Crippen molar-refractivity contribution in [2.75, 3.05) is 14.1 Å². The molecule has 0 bridgehead atoms. The molecule has 0 radical (unpaired) electrons. The first kappa shape index (κ1) is 20.5. The highest BCUT2D eigenvalue weighted by molar-refractivity contribution is 7.89. The summed E-state index contributed by atoms with van der Waals surface area (Å²) >= 11 is 0. The molecule has 0 aromatic heterocycles. The third kappa shape index (κ3) is 4.47. The van der Waals surface area contributed by atoms with Crippen molar-refractivity contribution in [3.8, 4) is 0 Å². The highest BCUT2D eigenvalue weighted by atomic mass is 32.2. The quantitative estimate of drug-likeness (QED) is 0.422. The zero-order valence-electron chi connectivity index (χ0n) is 14.7. The van der Waals surface area contributed by atoms with E-state index < -0.39 is 38.4 Å². The Kier molecular flexibility index (Phi) is 5.91. The first-order chi connectivity index (χ1) is 12.5. The minimum Gasteiger partial charge on any atom is -0.454 e. The van der Waals surface area contributed by atoms with Crippen LogP contribution in [0.3, 0.4) is 0 Å². The Morgan fingerprint density at radius 1 is 1.22 bits per heavy atom. The van der Waals surface area contributed by atoms with Crippen LogP contribution in [0.1, 0.15) is 28.9 Å². The van der Waals surface area contributed by atoms with Crippen LogP contribution in [0, 0.1) is 15.9 Å². The molecule has 0 heterocycles. The van der Waals surface area contributed by atoms with Gasteiger partial charge in [-0.25, -0.2) is 21.9 Å². The number of esters is 1. The van der Waals surface area contributed by atoms with Crippen molar-refractivity contribution >= 4 is 21.7 Å². The molecule has 27 heavy (non-hydrogen) atoms. The minimum absolute atomic E-state index is 0.180. The van der Waals surface area contributed by atoms with E-state index in [0.717, 1.165) is 22.5 Å². The number of nitro groups is 1. The Morgan fingerprint density at radius 3 is 2.48 bits per heavy atom. The number of nitro benzene ring substituents is 1. The summed E-state index contributed by atoms with van der Waals surface area (Å²) in [5, 5.41) is 10.8. The van der Waals surface area contributed by atoms with Gasteiger partial charge in [0.1, 0.15) is 11.9 Å². The van der Waals surface area contributed by atoms with E-state index in [1.165, 1.54) is 45.3 Å². The first-order valence-corrected chi connectivity index (χ1v) is 9.15. The second kappa shape index (κ2) is 7.80. The molecule has 0 saturated carbocycles. The lowest BCUT2D eigenvalue weighted by Gasteiger charge is -2.15. The molecule has 1 atom stereocenters. The number of carbonyl (C=O) groups is 1. The number of hydrogen-bond acceptors (Lipinski definition) is 6. The number of ether oxygens (including phenoxy) is 1. The zero-order valence-corrected chi connectivity index (χ0v) is 15.6. The predicted molar refractivity (Wildman–Crippen MR) is 94.2 cm³/mol. The second-order valence-electron chi connectivity index (χ2n) is 5.83. The number of halogens is 1. The van der Waals surface area contributed by atoms with Gasteiger partial charge in [-0.15, -0.1) is 0 Å². The van der Waals surface area contributed by atoms with Gasteiger partial charge in [0.2, 0.25) is 10.0 Å². The molecule has 0 fully saturated rings. The van der Waals surface area contributed by atoms with Crippen LogP contribution >= 0.6 is 0 Å². The molecular formula is C17H17FN2O6S. The molecule has 144 valence electrons. The smallest absolute Gasteiger partial charge is 0.341 e. The van der Waals surface area contributed by atoms with Crippen LogP contribution in [0.2, 0.25) is 0 Å². The van der Waals surface area contributed by atoms with Gasteiger partial charge in [0.25, 0.3) is 5.69 Å². The summed E-state index contributed by atoms with van der Waals surface area (Å²) < 4.78 is 44.4. The van der Waals surface area contributed by atoms with Crippen molar-refractivity contribution < 1.29 is 27.3 Å². The van der Waals surface area contributed by atoms with Crippen LogP contribution in [0.5, 0.6) is 0 Å². The predicted octanol–water partition coefficient (Wildman–Crippen LogP) is 2.90. The SMILES string of the molecule is C[C@H](OC(=O)c1cc(S(=O)(=O)N(C)C)ccc1F)c1cccc([N+](=O)[O-])c1. The average Bonchev–Trinajstić information content (AvgIpc) is 2.61. The van der Waals surface area contributed by atoms with E-state index in [4.69, 9.17) is 4.74 Å². The summed E-state index contributed by atoms with van der Waals surface area (Å²) in [6.07, 6.45) is -0.911. The fourth-order valence-electron chi connectivity index (χ4n) is 2.22. The van der Waals surface area contributed by atoms with Gasteiger partial charge in [0, 0.05) is 26.2 Å². The van der Waals surface area contributed by atoms with Crippen molar-refractivity contribution in [1.29, 1.82) is 0 Å². The molecule has 2 aromatic rings. The van der Waals surface area contributed by atoms with Crippen LogP contribution in [-0.2, 0) is 14.8 Å². The standard InChI is InChI=1S/C17H17FN2O6S/c1-11(12-5-4-6-13(9-12)20(22)23)26-17(21)15-10-14(7-8-16(15)18)27(24,25)19(2)3/h4-11H,1-3H3/t11-/m0/s1. The first-order valence-electron chi connectivity index (χ1n) is 7.71. The van der Waals surface area contributed by atoms with Crippen molar-refractivity contribution in [1.82, 2.24) is 4.31 Å². The highest BCUT2D eigenvalue weighted by Crippen LogP contribution is 2.24. The molecule has 0 aliphatic rings. The topological polar surface area (TPSA) is 107 Å². The number of nitrogens with zero attached hydrogens (tertiary/aromatic N) is 2. The Hall–Kier alpha value is -2.85. The van der Waals surface area contributed by atoms with Gasteiger partial charge < -0.3 is 4.74 Å². The van der Waals surface area contributed by atoms with Crippen LogP contribution in [-0.4, -0.2) is 37.7 Å². The number of non-ortho nitro benzene ring substituents is 1. The Bertz CT molecular complexity index is 991. The van der Waals surface area contributed by atoms with Crippen molar-refractivity contribution in [3.05, 3.63) is 69.5 Å². The van der Waals surface area contributed by atoms with E-state index in [1.807, 2.05) is 0 Å². The van der Waals surface area contributed by atoms with Gasteiger partial charge in [0.05, 0.1) is 15.4 Å². The molecular weight excluding hydrogens is 379 g/mol. The summed E-state index contributed by atoms with van der Waals surface area (Å²) in [6.45, 7) is 1.47. The maximum atomic E-state index is 14.0. The molecule has 0 aliphatic carbocycles. The van der Waals surface area contributed by atoms with E-state index in [2.05, 4.69) is 0 Å². The van der Waals surface area contributed by atoms with Gasteiger partial charge in [-0.3, -0.25) is 10.1 Å². The van der Waals surface area contributed by atoms with E-state index in [1.54, 1.807) is 0 Å². The minimum atomic E-state index is -3.86. The van der Waals surface area contributed by atoms with Crippen LogP contribution in [0.25, 0.3) is 0 Å². The molecule has 2 aromatic carbocycles. The van der Waals surface area contributed by atoms with Crippen LogP contribution < -0.4 is 0 Å². The van der Waals surface area contributed by atoms with Gasteiger partial charge >= 0.3 is 5.97 Å². The number of rotatable bonds is 6. The fourth-order valence-corrected chi connectivity index (χ4v) is 3.14. The fraction of sp³-hybridized carbons (Fsp3) is 0.235. The number of hydrogen-bond donors (Lipinski definition) is 0. The van der Waals surface area contributed by atoms with Crippen LogP contribution in [0.4, 0.5) is 10.1 Å². The third-order valence-corrected chi connectivity index (χ3v) is 5.58. The lowest BCUT2D eigenvalue weighted by molar-refractivity contribution is -0.385. The molecule has 0 spiro atoms. The normalized spacial score (nSPS) is 12.6. The summed E-state index contributed by atoms with van der Waals surface area (Å²) in [6, 6.07) is 8.29. The van der Waals surface area contributed by atoms with Crippen molar-refractivity contribution in [2.45, 2.75) is 17.9 Å². The largest absolute Gasteiger partial charge is 0.454 e.